The number of aromatic nitrogens is 2. The third kappa shape index (κ3) is 2.26. The van der Waals surface area contributed by atoms with Crippen LogP contribution in [0.3, 0.4) is 0 Å². The van der Waals surface area contributed by atoms with Gasteiger partial charge in [0.05, 0.1) is 5.52 Å². The molecule has 1 aromatic carbocycles. The van der Waals surface area contributed by atoms with Crippen LogP contribution in [0.1, 0.15) is 0 Å². The zero-order valence-corrected chi connectivity index (χ0v) is 11.1. The number of hydrogen-bond donors (Lipinski definition) is 0. The van der Waals surface area contributed by atoms with E-state index in [2.05, 4.69) is 38.9 Å². The molecule has 0 atom stereocenters. The third-order valence-electron chi connectivity index (χ3n) is 3.40. The average molecular weight is 263 g/mol. The van der Waals surface area contributed by atoms with E-state index >= 15 is 0 Å². The van der Waals surface area contributed by atoms with Crippen molar-refractivity contribution in [1.82, 2.24) is 14.9 Å². The van der Waals surface area contributed by atoms with Gasteiger partial charge in [-0.2, -0.15) is 0 Å². The van der Waals surface area contributed by atoms with Crippen LogP contribution < -0.4 is 4.90 Å². The molecule has 0 bridgehead atoms. The summed E-state index contributed by atoms with van der Waals surface area (Å²) in [7, 11) is 2.16. The molecule has 3 rings (SSSR count). The van der Waals surface area contributed by atoms with E-state index in [0.717, 1.165) is 37.1 Å². The standard InChI is InChI=1S/C13H15ClN4/c1-17-4-6-18(7-5-17)11-2-3-12-10(8-11)9-15-13(14)16-12/h2-3,8-9H,4-7H2,1H3. The minimum absolute atomic E-state index is 0.301. The first-order chi connectivity index (χ1) is 8.72. The zero-order chi connectivity index (χ0) is 12.5. The van der Waals surface area contributed by atoms with Crippen LogP contribution in [0.2, 0.25) is 5.28 Å². The molecule has 0 radical (unpaired) electrons. The molecule has 0 saturated carbocycles. The quantitative estimate of drug-likeness (QED) is 0.737. The Hall–Kier alpha value is -1.39. The molecule has 1 aliphatic rings. The maximum Gasteiger partial charge on any atom is 0.222 e. The van der Waals surface area contributed by atoms with Crippen LogP contribution in [0, 0.1) is 0 Å². The van der Waals surface area contributed by atoms with Gasteiger partial charge in [-0.1, -0.05) is 0 Å². The Balaban J connectivity index is 1.91. The Morgan fingerprint density at radius 1 is 1.17 bits per heavy atom. The number of rotatable bonds is 1. The molecule has 18 heavy (non-hydrogen) atoms. The van der Waals surface area contributed by atoms with Crippen LogP contribution in [0.4, 0.5) is 5.69 Å². The van der Waals surface area contributed by atoms with E-state index in [-0.39, 0.29) is 0 Å². The second kappa shape index (κ2) is 4.71. The second-order valence-corrected chi connectivity index (χ2v) is 5.01. The van der Waals surface area contributed by atoms with Crippen molar-refractivity contribution < 1.29 is 0 Å². The van der Waals surface area contributed by atoms with Gasteiger partial charge >= 0.3 is 0 Å². The molecule has 5 heteroatoms. The van der Waals surface area contributed by atoms with E-state index in [1.165, 1.54) is 5.69 Å². The van der Waals surface area contributed by atoms with Crippen molar-refractivity contribution in [2.24, 2.45) is 0 Å². The molecule has 4 nitrogen and oxygen atoms in total. The highest BCUT2D eigenvalue weighted by Crippen LogP contribution is 2.22. The number of nitrogens with zero attached hydrogens (tertiary/aromatic N) is 4. The molecule has 0 spiro atoms. The van der Waals surface area contributed by atoms with Gasteiger partial charge in [-0.15, -0.1) is 0 Å². The van der Waals surface area contributed by atoms with E-state index in [9.17, 15) is 0 Å². The van der Waals surface area contributed by atoms with E-state index in [0.29, 0.717) is 5.28 Å². The van der Waals surface area contributed by atoms with E-state index < -0.39 is 0 Å². The lowest BCUT2D eigenvalue weighted by molar-refractivity contribution is 0.313. The fraction of sp³-hybridized carbons (Fsp3) is 0.385. The van der Waals surface area contributed by atoms with Gasteiger partial charge in [0.2, 0.25) is 5.28 Å². The first kappa shape index (κ1) is 11.7. The number of piperazine rings is 1. The van der Waals surface area contributed by atoms with Crippen molar-refractivity contribution in [2.75, 3.05) is 38.1 Å². The lowest BCUT2D eigenvalue weighted by Gasteiger charge is -2.34. The minimum atomic E-state index is 0.301. The molecular weight excluding hydrogens is 248 g/mol. The van der Waals surface area contributed by atoms with Gasteiger partial charge in [0.1, 0.15) is 0 Å². The molecular formula is C13H15ClN4. The third-order valence-corrected chi connectivity index (χ3v) is 3.58. The van der Waals surface area contributed by atoms with Gasteiger partial charge in [-0.3, -0.25) is 0 Å². The Kier molecular flexibility index (Phi) is 3.06. The Labute approximate surface area is 111 Å². The van der Waals surface area contributed by atoms with Gasteiger partial charge in [-0.05, 0) is 36.8 Å². The lowest BCUT2D eigenvalue weighted by Crippen LogP contribution is -2.44. The van der Waals surface area contributed by atoms with Crippen molar-refractivity contribution in [1.29, 1.82) is 0 Å². The Morgan fingerprint density at radius 2 is 1.94 bits per heavy atom. The predicted octanol–water partition coefficient (Wildman–Crippen LogP) is 2.04. The fourth-order valence-electron chi connectivity index (χ4n) is 2.26. The van der Waals surface area contributed by atoms with Crippen molar-refractivity contribution >= 4 is 28.2 Å². The highest BCUT2D eigenvalue weighted by atomic mass is 35.5. The molecule has 0 aliphatic carbocycles. The highest BCUT2D eigenvalue weighted by Gasteiger charge is 2.14. The average Bonchev–Trinajstić information content (AvgIpc) is 2.39. The summed E-state index contributed by atoms with van der Waals surface area (Å²) in [5, 5.41) is 1.34. The second-order valence-electron chi connectivity index (χ2n) is 4.67. The highest BCUT2D eigenvalue weighted by molar-refractivity contribution is 6.28. The van der Waals surface area contributed by atoms with E-state index in [1.807, 2.05) is 6.07 Å². The summed E-state index contributed by atoms with van der Waals surface area (Å²) in [6, 6.07) is 6.25. The number of halogens is 1. The molecule has 2 heterocycles. The van der Waals surface area contributed by atoms with E-state index in [4.69, 9.17) is 11.6 Å². The summed E-state index contributed by atoms with van der Waals surface area (Å²) in [6.45, 7) is 4.34. The summed E-state index contributed by atoms with van der Waals surface area (Å²) in [5.41, 5.74) is 2.13. The van der Waals surface area contributed by atoms with Crippen LogP contribution in [-0.2, 0) is 0 Å². The topological polar surface area (TPSA) is 32.3 Å². The van der Waals surface area contributed by atoms with Crippen LogP contribution in [0.25, 0.3) is 10.9 Å². The maximum atomic E-state index is 5.79. The first-order valence-electron chi connectivity index (χ1n) is 6.08. The van der Waals surface area contributed by atoms with Gasteiger partial charge in [0.15, 0.2) is 0 Å². The maximum absolute atomic E-state index is 5.79. The largest absolute Gasteiger partial charge is 0.369 e. The van der Waals surface area contributed by atoms with Gasteiger partial charge in [0, 0.05) is 43.4 Å². The van der Waals surface area contributed by atoms with Gasteiger partial charge in [-0.25, -0.2) is 9.97 Å². The van der Waals surface area contributed by atoms with Crippen molar-refractivity contribution in [3.63, 3.8) is 0 Å². The molecule has 1 saturated heterocycles. The number of hydrogen-bond acceptors (Lipinski definition) is 4. The van der Waals surface area contributed by atoms with Crippen LogP contribution in [0.15, 0.2) is 24.4 Å². The monoisotopic (exact) mass is 262 g/mol. The summed E-state index contributed by atoms with van der Waals surface area (Å²) in [6.07, 6.45) is 1.78. The molecule has 2 aromatic rings. The number of likely N-dealkylation sites (N-methyl/N-ethyl adjacent to an activating group) is 1. The number of anilines is 1. The lowest BCUT2D eigenvalue weighted by atomic mass is 10.2. The fourth-order valence-corrected chi connectivity index (χ4v) is 2.40. The summed E-state index contributed by atoms with van der Waals surface area (Å²) in [4.78, 5) is 13.0. The predicted molar refractivity (Wildman–Crippen MR) is 74.3 cm³/mol. The Morgan fingerprint density at radius 3 is 2.72 bits per heavy atom. The molecule has 94 valence electrons. The zero-order valence-electron chi connectivity index (χ0n) is 10.3. The summed E-state index contributed by atoms with van der Waals surface area (Å²) >= 11 is 5.79. The smallest absolute Gasteiger partial charge is 0.222 e. The normalized spacial score (nSPS) is 17.3. The number of benzene rings is 1. The molecule has 1 aliphatic heterocycles. The van der Waals surface area contributed by atoms with Crippen molar-refractivity contribution in [3.05, 3.63) is 29.7 Å². The van der Waals surface area contributed by atoms with Crippen LogP contribution in [0.5, 0.6) is 0 Å². The van der Waals surface area contributed by atoms with Crippen molar-refractivity contribution in [2.45, 2.75) is 0 Å². The summed E-state index contributed by atoms with van der Waals surface area (Å²) < 4.78 is 0. The SMILES string of the molecule is CN1CCN(c2ccc3nc(Cl)ncc3c2)CC1. The molecule has 0 amide bonds. The van der Waals surface area contributed by atoms with Gasteiger partial charge < -0.3 is 9.80 Å². The Bertz CT molecular complexity index is 564. The van der Waals surface area contributed by atoms with Gasteiger partial charge in [0.25, 0.3) is 0 Å². The van der Waals surface area contributed by atoms with Crippen LogP contribution >= 0.6 is 11.6 Å². The summed E-state index contributed by atoms with van der Waals surface area (Å²) in [5.74, 6) is 0. The van der Waals surface area contributed by atoms with Crippen molar-refractivity contribution in [3.8, 4) is 0 Å². The molecule has 0 N–H and O–H groups in total. The minimum Gasteiger partial charge on any atom is -0.369 e. The number of fused-ring (bicyclic) bond motifs is 1. The molecule has 1 aromatic heterocycles. The van der Waals surface area contributed by atoms with E-state index in [1.54, 1.807) is 6.20 Å². The molecule has 1 fully saturated rings. The molecule has 0 unspecified atom stereocenters. The first-order valence-corrected chi connectivity index (χ1v) is 6.46. The van der Waals surface area contributed by atoms with Crippen LogP contribution in [-0.4, -0.2) is 48.1 Å².